The fourth-order valence-corrected chi connectivity index (χ4v) is 19.7. The van der Waals surface area contributed by atoms with Crippen LogP contribution in [-0.4, -0.2) is 18.4 Å². The van der Waals surface area contributed by atoms with Gasteiger partial charge in [0.2, 0.25) is 0 Å². The fourth-order valence-electron chi connectivity index (χ4n) is 3.75. The van der Waals surface area contributed by atoms with Crippen LogP contribution in [0.25, 0.3) is 0 Å². The minimum atomic E-state index is -2.19. The Morgan fingerprint density at radius 1 is 0.739 bits per heavy atom. The molecule has 23 heavy (non-hydrogen) atoms. The van der Waals surface area contributed by atoms with Crippen molar-refractivity contribution in [3.63, 3.8) is 0 Å². The average Bonchev–Trinajstić information content (AvgIpc) is 2.61. The fraction of sp³-hybridized carbons (Fsp3) is 0.727. The Kier molecular flexibility index (Phi) is 10.6. The Morgan fingerprint density at radius 2 is 1.17 bits per heavy atom. The normalized spacial score (nSPS) is 13.3. The molecule has 0 aliphatic heterocycles. The second-order valence-corrected chi connectivity index (χ2v) is 20.8. The van der Waals surface area contributed by atoms with Gasteiger partial charge in [-0.15, -0.1) is 0 Å². The predicted molar refractivity (Wildman–Crippen MR) is 110 cm³/mol. The van der Waals surface area contributed by atoms with Crippen molar-refractivity contribution < 1.29 is 0 Å². The van der Waals surface area contributed by atoms with Crippen LogP contribution in [0, 0.1) is 0 Å². The average molecular weight is 423 g/mol. The third-order valence-corrected chi connectivity index (χ3v) is 21.4. The van der Waals surface area contributed by atoms with Gasteiger partial charge in [-0.3, -0.25) is 0 Å². The molecule has 1 heteroatoms. The summed E-state index contributed by atoms with van der Waals surface area (Å²) in [7, 11) is 0. The van der Waals surface area contributed by atoms with Gasteiger partial charge in [0.15, 0.2) is 0 Å². The third-order valence-electron chi connectivity index (χ3n) is 5.73. The molecule has 0 aromatic heterocycles. The summed E-state index contributed by atoms with van der Waals surface area (Å²) in [4.78, 5) is 0. The molecule has 0 bridgehead atoms. The zero-order valence-electron chi connectivity index (χ0n) is 16.5. The van der Waals surface area contributed by atoms with Gasteiger partial charge < -0.3 is 0 Å². The second kappa shape index (κ2) is 11.6. The summed E-state index contributed by atoms with van der Waals surface area (Å²) < 4.78 is 6.55. The number of unbranched alkanes of at least 4 members (excludes halogenated alkanes) is 3. The zero-order valence-corrected chi connectivity index (χ0v) is 19.3. The first-order chi connectivity index (χ1) is 11.1. The molecule has 0 saturated carbocycles. The molecular formula is C22H40Sn. The molecule has 1 atom stereocenters. The second-order valence-electron chi connectivity index (χ2n) is 7.52. The van der Waals surface area contributed by atoms with Gasteiger partial charge in [0.1, 0.15) is 0 Å². The molecule has 1 aromatic carbocycles. The first kappa shape index (κ1) is 21.1. The molecule has 0 N–H and O–H groups in total. The van der Waals surface area contributed by atoms with Crippen LogP contribution in [0.3, 0.4) is 0 Å². The standard InChI is InChI=1S/C10H13.3C4H9.Sn/c1-3-9(2)10-7-5-4-6-8-10;3*1-3-4-2;/h5-9H,3H2,1-2H3;3*1,3-4H2,2H3;. The van der Waals surface area contributed by atoms with Gasteiger partial charge in [-0.1, -0.05) is 0 Å². The molecule has 0 amide bonds. The van der Waals surface area contributed by atoms with Crippen LogP contribution in [0.15, 0.2) is 24.3 Å². The van der Waals surface area contributed by atoms with E-state index in [1.54, 1.807) is 13.3 Å². The van der Waals surface area contributed by atoms with Crippen LogP contribution in [0.1, 0.15) is 91.0 Å². The Hall–Kier alpha value is 0.0187. The van der Waals surface area contributed by atoms with Gasteiger partial charge in [0.25, 0.3) is 0 Å². The monoisotopic (exact) mass is 424 g/mol. The number of rotatable bonds is 12. The Balaban J connectivity index is 3.07. The molecule has 1 unspecified atom stereocenters. The summed E-state index contributed by atoms with van der Waals surface area (Å²) in [5.41, 5.74) is 1.54. The molecule has 0 saturated heterocycles. The molecule has 0 aliphatic rings. The first-order valence-electron chi connectivity index (χ1n) is 10.2. The van der Waals surface area contributed by atoms with E-state index in [1.807, 2.05) is 3.58 Å². The van der Waals surface area contributed by atoms with E-state index in [2.05, 4.69) is 58.9 Å². The quantitative estimate of drug-likeness (QED) is 0.311. The molecule has 132 valence electrons. The van der Waals surface area contributed by atoms with Crippen molar-refractivity contribution in [1.29, 1.82) is 0 Å². The van der Waals surface area contributed by atoms with Crippen molar-refractivity contribution in [3.8, 4) is 0 Å². The van der Waals surface area contributed by atoms with E-state index in [4.69, 9.17) is 0 Å². The third kappa shape index (κ3) is 6.44. The van der Waals surface area contributed by atoms with Crippen molar-refractivity contribution in [2.24, 2.45) is 0 Å². The van der Waals surface area contributed by atoms with E-state index in [0.717, 1.165) is 0 Å². The van der Waals surface area contributed by atoms with Crippen molar-refractivity contribution in [2.45, 2.75) is 98.8 Å². The number of hydrogen-bond acceptors (Lipinski definition) is 0. The maximum atomic E-state index is 2.55. The zero-order chi connectivity index (χ0) is 17.1. The number of benzene rings is 1. The molecule has 0 aliphatic carbocycles. The Labute approximate surface area is 150 Å². The van der Waals surface area contributed by atoms with Crippen LogP contribution in [0.2, 0.25) is 13.3 Å². The van der Waals surface area contributed by atoms with Gasteiger partial charge >= 0.3 is 151 Å². The van der Waals surface area contributed by atoms with Gasteiger partial charge in [0.05, 0.1) is 0 Å². The molecule has 0 heterocycles. The van der Waals surface area contributed by atoms with Crippen LogP contribution < -0.4 is 3.58 Å². The maximum absolute atomic E-state index is 2.55. The van der Waals surface area contributed by atoms with Crippen LogP contribution in [-0.2, 0) is 0 Å². The van der Waals surface area contributed by atoms with Crippen LogP contribution in [0.4, 0.5) is 0 Å². The van der Waals surface area contributed by atoms with Gasteiger partial charge in [0, 0.05) is 0 Å². The predicted octanol–water partition coefficient (Wildman–Crippen LogP) is 7.26. The van der Waals surface area contributed by atoms with Crippen LogP contribution in [0.5, 0.6) is 0 Å². The van der Waals surface area contributed by atoms with E-state index >= 15 is 0 Å². The van der Waals surface area contributed by atoms with Crippen molar-refractivity contribution >= 4 is 22.0 Å². The van der Waals surface area contributed by atoms with E-state index in [0.29, 0.717) is 5.92 Å². The van der Waals surface area contributed by atoms with Crippen molar-refractivity contribution in [2.75, 3.05) is 0 Å². The topological polar surface area (TPSA) is 0 Å². The molecule has 1 aromatic rings. The molecule has 0 radical (unpaired) electrons. The van der Waals surface area contributed by atoms with Gasteiger partial charge in [-0.05, 0) is 0 Å². The molecule has 0 spiro atoms. The van der Waals surface area contributed by atoms with Crippen molar-refractivity contribution in [3.05, 3.63) is 29.8 Å². The Bertz CT molecular complexity index is 385. The molecular weight excluding hydrogens is 383 g/mol. The molecule has 0 nitrogen and oxygen atoms in total. The van der Waals surface area contributed by atoms with E-state index in [9.17, 15) is 0 Å². The SMILES string of the molecule is CCC[CH2][Sn]([CH2]CCC)([CH2]CCC)[c]1ccc(C(C)CC)cc1. The molecule has 1 rings (SSSR count). The van der Waals surface area contributed by atoms with Gasteiger partial charge in [-0.2, -0.15) is 0 Å². The number of hydrogen-bond donors (Lipinski definition) is 0. The summed E-state index contributed by atoms with van der Waals surface area (Å²) in [6, 6.07) is 10.0. The summed E-state index contributed by atoms with van der Waals surface area (Å²) in [5, 5.41) is 0. The van der Waals surface area contributed by atoms with Crippen LogP contribution >= 0.6 is 0 Å². The van der Waals surface area contributed by atoms with Crippen molar-refractivity contribution in [1.82, 2.24) is 0 Å². The van der Waals surface area contributed by atoms with E-state index in [1.165, 1.54) is 50.5 Å². The summed E-state index contributed by atoms with van der Waals surface area (Å²) in [6.07, 6.45) is 9.70. The Morgan fingerprint density at radius 3 is 1.52 bits per heavy atom. The van der Waals surface area contributed by atoms with E-state index in [-0.39, 0.29) is 0 Å². The summed E-state index contributed by atoms with van der Waals surface area (Å²) in [6.45, 7) is 11.7. The minimum absolute atomic E-state index is 0.704. The summed E-state index contributed by atoms with van der Waals surface area (Å²) >= 11 is -2.19. The van der Waals surface area contributed by atoms with Gasteiger partial charge in [-0.25, -0.2) is 0 Å². The molecule has 0 fully saturated rings. The summed E-state index contributed by atoms with van der Waals surface area (Å²) in [5.74, 6) is 0.704. The van der Waals surface area contributed by atoms with E-state index < -0.39 is 18.4 Å². The first-order valence-corrected chi connectivity index (χ1v) is 17.7.